The van der Waals surface area contributed by atoms with Gasteiger partial charge < -0.3 is 10.2 Å². The number of anilines is 1. The highest BCUT2D eigenvalue weighted by Gasteiger charge is 2.29. The number of nitrogens with one attached hydrogen (secondary N) is 1. The number of carbonyl (C=O) groups excluding carboxylic acids is 2. The predicted octanol–water partition coefficient (Wildman–Crippen LogP) is 2.51. The van der Waals surface area contributed by atoms with Crippen LogP contribution in [0.3, 0.4) is 0 Å². The Morgan fingerprint density at radius 1 is 1.28 bits per heavy atom. The maximum Gasteiger partial charge on any atom is 0.269 e. The third kappa shape index (κ3) is 3.18. The number of nitro groups is 1. The van der Waals surface area contributed by atoms with Gasteiger partial charge in [-0.3, -0.25) is 19.7 Å². The normalized spacial score (nSPS) is 16.6. The summed E-state index contributed by atoms with van der Waals surface area (Å²) in [6.07, 6.45) is 0. The summed E-state index contributed by atoms with van der Waals surface area (Å²) in [5, 5.41) is 13.5. The molecular weight excluding hydrogens is 329 g/mol. The highest BCUT2D eigenvalue weighted by atomic mass is 19.1. The van der Waals surface area contributed by atoms with Gasteiger partial charge in [-0.05, 0) is 37.3 Å². The molecule has 0 radical (unpaired) electrons. The van der Waals surface area contributed by atoms with Gasteiger partial charge in [-0.25, -0.2) is 4.39 Å². The van der Waals surface area contributed by atoms with E-state index in [0.717, 1.165) is 12.1 Å². The van der Waals surface area contributed by atoms with E-state index in [1.54, 1.807) is 6.92 Å². The molecule has 7 nitrogen and oxygen atoms in total. The molecule has 0 aliphatic carbocycles. The van der Waals surface area contributed by atoms with Crippen molar-refractivity contribution < 1.29 is 18.9 Å². The van der Waals surface area contributed by atoms with Crippen molar-refractivity contribution in [1.29, 1.82) is 0 Å². The van der Waals surface area contributed by atoms with Crippen LogP contribution in [0.1, 0.15) is 27.6 Å². The molecule has 1 heterocycles. The van der Waals surface area contributed by atoms with Crippen LogP contribution in [0.25, 0.3) is 0 Å². The van der Waals surface area contributed by atoms with Gasteiger partial charge in [-0.15, -0.1) is 0 Å². The van der Waals surface area contributed by atoms with Crippen molar-refractivity contribution in [1.82, 2.24) is 5.32 Å². The van der Waals surface area contributed by atoms with Crippen LogP contribution in [-0.2, 0) is 0 Å². The van der Waals surface area contributed by atoms with Crippen molar-refractivity contribution >= 4 is 23.2 Å². The molecule has 0 aromatic heterocycles. The van der Waals surface area contributed by atoms with Gasteiger partial charge in [0, 0.05) is 30.3 Å². The monoisotopic (exact) mass is 343 g/mol. The van der Waals surface area contributed by atoms with Crippen LogP contribution in [0.4, 0.5) is 15.8 Å². The van der Waals surface area contributed by atoms with E-state index in [4.69, 9.17) is 0 Å². The van der Waals surface area contributed by atoms with Gasteiger partial charge in [0.05, 0.1) is 16.2 Å². The second-order valence-electron chi connectivity index (χ2n) is 5.76. The Morgan fingerprint density at radius 2 is 1.96 bits per heavy atom. The highest BCUT2D eigenvalue weighted by Crippen LogP contribution is 2.27. The lowest BCUT2D eigenvalue weighted by Crippen LogP contribution is -2.41. The molecule has 2 amide bonds. The number of carbonyl (C=O) groups is 2. The van der Waals surface area contributed by atoms with Gasteiger partial charge in [0.1, 0.15) is 5.82 Å². The first-order valence-electron chi connectivity index (χ1n) is 7.53. The molecule has 0 fully saturated rings. The molecule has 0 saturated carbocycles. The zero-order valence-corrected chi connectivity index (χ0v) is 13.2. The Bertz CT molecular complexity index is 867. The summed E-state index contributed by atoms with van der Waals surface area (Å²) in [5.74, 6) is -1.42. The van der Waals surface area contributed by atoms with E-state index in [0.29, 0.717) is 0 Å². The van der Waals surface area contributed by atoms with E-state index in [9.17, 15) is 24.1 Å². The fraction of sp³-hybridized carbons (Fsp3) is 0.176. The summed E-state index contributed by atoms with van der Waals surface area (Å²) in [6, 6.07) is 8.40. The fourth-order valence-corrected chi connectivity index (χ4v) is 2.71. The SMILES string of the molecule is C[C@H]1CN(C(=O)c2ccc([N+](=O)[O-])cc2)c2cc(F)ccc2C(=O)N1. The number of hydrogen-bond acceptors (Lipinski definition) is 4. The van der Waals surface area contributed by atoms with Crippen LogP contribution in [0.5, 0.6) is 0 Å². The summed E-state index contributed by atoms with van der Waals surface area (Å²) in [7, 11) is 0. The molecule has 2 aromatic rings. The van der Waals surface area contributed by atoms with Gasteiger partial charge in [0.15, 0.2) is 0 Å². The average molecular weight is 343 g/mol. The van der Waals surface area contributed by atoms with Crippen LogP contribution >= 0.6 is 0 Å². The molecule has 0 spiro atoms. The van der Waals surface area contributed by atoms with E-state index in [1.165, 1.54) is 35.2 Å². The number of amides is 2. The molecule has 1 aliphatic rings. The van der Waals surface area contributed by atoms with Crippen molar-refractivity contribution in [2.75, 3.05) is 11.4 Å². The minimum absolute atomic E-state index is 0.135. The maximum atomic E-state index is 13.7. The Labute approximate surface area is 142 Å². The molecular formula is C17H14FN3O4. The van der Waals surface area contributed by atoms with Crippen LogP contribution < -0.4 is 10.2 Å². The van der Waals surface area contributed by atoms with E-state index in [1.807, 2.05) is 0 Å². The zero-order chi connectivity index (χ0) is 18.1. The number of halogens is 1. The lowest BCUT2D eigenvalue weighted by Gasteiger charge is -2.24. The van der Waals surface area contributed by atoms with E-state index >= 15 is 0 Å². The number of fused-ring (bicyclic) bond motifs is 1. The first-order chi connectivity index (χ1) is 11.9. The number of hydrogen-bond donors (Lipinski definition) is 1. The Balaban J connectivity index is 2.03. The number of nitrogens with zero attached hydrogens (tertiary/aromatic N) is 2. The number of nitro benzene ring substituents is 1. The average Bonchev–Trinajstić information content (AvgIpc) is 2.70. The Morgan fingerprint density at radius 3 is 2.60 bits per heavy atom. The predicted molar refractivity (Wildman–Crippen MR) is 88.1 cm³/mol. The van der Waals surface area contributed by atoms with E-state index in [2.05, 4.69) is 5.32 Å². The van der Waals surface area contributed by atoms with Gasteiger partial charge in [0.2, 0.25) is 0 Å². The molecule has 0 saturated heterocycles. The van der Waals surface area contributed by atoms with Gasteiger partial charge in [0.25, 0.3) is 17.5 Å². The lowest BCUT2D eigenvalue weighted by molar-refractivity contribution is -0.384. The molecule has 2 aromatic carbocycles. The molecule has 0 unspecified atom stereocenters. The minimum atomic E-state index is -0.567. The molecule has 128 valence electrons. The van der Waals surface area contributed by atoms with Gasteiger partial charge >= 0.3 is 0 Å². The zero-order valence-electron chi connectivity index (χ0n) is 13.2. The van der Waals surface area contributed by atoms with E-state index < -0.39 is 16.6 Å². The summed E-state index contributed by atoms with van der Waals surface area (Å²) in [6.45, 7) is 1.88. The summed E-state index contributed by atoms with van der Waals surface area (Å²) >= 11 is 0. The van der Waals surface area contributed by atoms with Crippen LogP contribution in [0.15, 0.2) is 42.5 Å². The summed E-state index contributed by atoms with van der Waals surface area (Å²) in [5.41, 5.74) is 0.442. The molecule has 8 heteroatoms. The smallest absolute Gasteiger partial charge is 0.269 e. The van der Waals surface area contributed by atoms with Crippen molar-refractivity contribution in [2.24, 2.45) is 0 Å². The number of non-ortho nitro benzene ring substituents is 1. The molecule has 25 heavy (non-hydrogen) atoms. The quantitative estimate of drug-likeness (QED) is 0.670. The van der Waals surface area contributed by atoms with Crippen LogP contribution in [0, 0.1) is 15.9 Å². The lowest BCUT2D eigenvalue weighted by atomic mass is 10.1. The molecule has 1 aliphatic heterocycles. The Kier molecular flexibility index (Phi) is 4.18. The first-order valence-corrected chi connectivity index (χ1v) is 7.53. The highest BCUT2D eigenvalue weighted by molar-refractivity contribution is 6.11. The molecule has 1 atom stereocenters. The summed E-state index contributed by atoms with van der Waals surface area (Å²) < 4.78 is 13.7. The van der Waals surface area contributed by atoms with E-state index in [-0.39, 0.29) is 41.0 Å². The number of benzene rings is 2. The largest absolute Gasteiger partial charge is 0.348 e. The summed E-state index contributed by atoms with van der Waals surface area (Å²) in [4.78, 5) is 36.5. The van der Waals surface area contributed by atoms with Crippen molar-refractivity contribution in [3.8, 4) is 0 Å². The second-order valence-corrected chi connectivity index (χ2v) is 5.76. The molecule has 0 bridgehead atoms. The second kappa shape index (κ2) is 6.31. The standard InChI is InChI=1S/C17H14FN3O4/c1-10-9-20(15-8-12(18)4-7-14(15)16(22)19-10)17(23)11-2-5-13(6-3-11)21(24)25/h2-8,10H,9H2,1H3,(H,19,22)/t10-/m0/s1. The fourth-order valence-electron chi connectivity index (χ4n) is 2.71. The van der Waals surface area contributed by atoms with Gasteiger partial charge in [-0.2, -0.15) is 0 Å². The minimum Gasteiger partial charge on any atom is -0.348 e. The van der Waals surface area contributed by atoms with Crippen molar-refractivity contribution in [3.05, 3.63) is 69.5 Å². The van der Waals surface area contributed by atoms with Crippen LogP contribution in [0.2, 0.25) is 0 Å². The van der Waals surface area contributed by atoms with Crippen LogP contribution in [-0.4, -0.2) is 29.3 Å². The Hall–Kier alpha value is -3.29. The maximum absolute atomic E-state index is 13.7. The first kappa shape index (κ1) is 16.6. The third-order valence-electron chi connectivity index (χ3n) is 3.90. The van der Waals surface area contributed by atoms with Crippen molar-refractivity contribution in [3.63, 3.8) is 0 Å². The topological polar surface area (TPSA) is 92.6 Å². The molecule has 3 rings (SSSR count). The number of rotatable bonds is 2. The third-order valence-corrected chi connectivity index (χ3v) is 3.90. The van der Waals surface area contributed by atoms with Crippen molar-refractivity contribution in [2.45, 2.75) is 13.0 Å². The van der Waals surface area contributed by atoms with Gasteiger partial charge in [-0.1, -0.05) is 0 Å². The molecule has 1 N–H and O–H groups in total.